The van der Waals surface area contributed by atoms with Gasteiger partial charge >= 0.3 is 52.8 Å². The van der Waals surface area contributed by atoms with Gasteiger partial charge in [0.15, 0.2) is 34.4 Å². The number of ether oxygens (including phenoxy) is 2. The summed E-state index contributed by atoms with van der Waals surface area (Å²) in [6.07, 6.45) is -11.0. The van der Waals surface area contributed by atoms with E-state index in [1.54, 1.807) is 13.8 Å². The Balaban J connectivity index is 1.37. The summed E-state index contributed by atoms with van der Waals surface area (Å²) in [7, 11) is -17.4. The van der Waals surface area contributed by atoms with Gasteiger partial charge in [0.1, 0.15) is 19.6 Å². The number of hydrogen-bond donors (Lipinski definition) is 0. The zero-order chi connectivity index (χ0) is 47.5. The second-order valence-corrected chi connectivity index (χ2v) is 19.0. The average Bonchev–Trinajstić information content (AvgIpc) is 3.20. The van der Waals surface area contributed by atoms with Crippen LogP contribution >= 0.6 is 0 Å². The minimum absolute atomic E-state index is 0.269. The Morgan fingerprint density at radius 1 is 0.422 bits per heavy atom. The molecule has 0 fully saturated rings. The Kier molecular flexibility index (Phi) is 14.0. The molecule has 0 heterocycles. The molecule has 0 atom stereocenters. The van der Waals surface area contributed by atoms with Crippen molar-refractivity contribution in [3.63, 3.8) is 0 Å². The first-order valence-electron chi connectivity index (χ1n) is 17.3. The van der Waals surface area contributed by atoms with Crippen LogP contribution in [0.25, 0.3) is 0 Å². The molecular formula is C38H30F6N2O14S4. The molecule has 0 amide bonds. The second-order valence-electron chi connectivity index (χ2n) is 12.8. The van der Waals surface area contributed by atoms with E-state index in [9.17, 15) is 60.0 Å². The third-order valence-electron chi connectivity index (χ3n) is 8.29. The molecule has 5 aromatic carbocycles. The summed E-state index contributed by atoms with van der Waals surface area (Å²) in [5, 5.41) is 5.42. The molecule has 0 radical (unpaired) electrons. The Labute approximate surface area is 361 Å². The molecule has 0 saturated heterocycles. The fourth-order valence-corrected chi connectivity index (χ4v) is 8.44. The summed E-state index contributed by atoms with van der Waals surface area (Å²) in [6, 6.07) is 16.9. The van der Waals surface area contributed by atoms with Crippen molar-refractivity contribution in [3.8, 4) is 23.0 Å². The van der Waals surface area contributed by atoms with Crippen LogP contribution in [0.1, 0.15) is 22.3 Å². The molecule has 64 heavy (non-hydrogen) atoms. The van der Waals surface area contributed by atoms with E-state index in [1.165, 1.54) is 48.5 Å². The topological polar surface area (TPSA) is 217 Å². The minimum Gasteiger partial charge on any atom is -0.493 e. The molecule has 0 aromatic heterocycles. The van der Waals surface area contributed by atoms with E-state index >= 15 is 0 Å². The van der Waals surface area contributed by atoms with Gasteiger partial charge in [-0.15, -0.1) is 0 Å². The van der Waals surface area contributed by atoms with Gasteiger partial charge in [-0.25, -0.2) is 0 Å². The highest BCUT2D eigenvalue weighted by Crippen LogP contribution is 2.35. The fraction of sp³-hybridized carbons (Fsp3) is 0.158. The van der Waals surface area contributed by atoms with Crippen molar-refractivity contribution in [2.45, 2.75) is 45.8 Å². The number of nitrogens with zero attached hydrogens (tertiary/aromatic N) is 2. The van der Waals surface area contributed by atoms with Gasteiger partial charge in [0.05, 0.1) is 14.2 Å². The SMILES string of the molecule is COc1cc(S(=O)(=O)O/N=C(/c2ccc(/C(=N\OS(=O)(=O)c3ccc(OS(=O)(=O)c4ccc(C)cc4)c(OC)c3)C(F)(F)F)cc2)C(F)(F)F)ccc1OS(=O)(=O)c1ccc(C)cc1. The van der Waals surface area contributed by atoms with Gasteiger partial charge in [-0.2, -0.15) is 60.0 Å². The third-order valence-corrected chi connectivity index (χ3v) is 13.0. The lowest BCUT2D eigenvalue weighted by Crippen LogP contribution is -2.26. The smallest absolute Gasteiger partial charge is 0.437 e. The molecule has 0 aliphatic heterocycles. The van der Waals surface area contributed by atoms with Gasteiger partial charge in [-0.3, -0.25) is 8.57 Å². The maximum Gasteiger partial charge on any atom is 0.437 e. The van der Waals surface area contributed by atoms with E-state index in [-0.39, 0.29) is 9.79 Å². The second kappa shape index (κ2) is 18.4. The molecule has 0 bridgehead atoms. The van der Waals surface area contributed by atoms with Crippen LogP contribution in [0.3, 0.4) is 0 Å². The molecule has 16 nitrogen and oxygen atoms in total. The maximum atomic E-state index is 14.2. The number of halogens is 6. The number of alkyl halides is 6. The summed E-state index contributed by atoms with van der Waals surface area (Å²) in [5.41, 5.74) is -4.73. The molecule has 342 valence electrons. The van der Waals surface area contributed by atoms with Crippen LogP contribution in [-0.2, 0) is 49.0 Å². The van der Waals surface area contributed by atoms with E-state index in [2.05, 4.69) is 18.9 Å². The molecule has 0 saturated carbocycles. The van der Waals surface area contributed by atoms with Crippen molar-refractivity contribution < 1.29 is 86.4 Å². The highest BCUT2D eigenvalue weighted by atomic mass is 32.2. The van der Waals surface area contributed by atoms with Gasteiger partial charge in [0.2, 0.25) is 0 Å². The molecule has 5 rings (SSSR count). The quantitative estimate of drug-likeness (QED) is 0.0414. The highest BCUT2D eigenvalue weighted by molar-refractivity contribution is 7.87. The number of oxime groups is 2. The predicted octanol–water partition coefficient (Wildman–Crippen LogP) is 7.20. The van der Waals surface area contributed by atoms with Gasteiger partial charge in [-0.05, 0) is 62.4 Å². The zero-order valence-corrected chi connectivity index (χ0v) is 36.2. The summed E-state index contributed by atoms with van der Waals surface area (Å²) in [6.45, 7) is 3.40. The fourth-order valence-electron chi connectivity index (χ4n) is 5.07. The lowest BCUT2D eigenvalue weighted by Gasteiger charge is -2.14. The van der Waals surface area contributed by atoms with E-state index in [1.807, 2.05) is 0 Å². The van der Waals surface area contributed by atoms with E-state index in [0.717, 1.165) is 37.5 Å². The summed E-state index contributed by atoms with van der Waals surface area (Å²) < 4.78 is 216. The minimum atomic E-state index is -5.50. The Morgan fingerprint density at radius 3 is 1.00 bits per heavy atom. The monoisotopic (exact) mass is 980 g/mol. The lowest BCUT2D eigenvalue weighted by atomic mass is 10.0. The molecule has 0 unspecified atom stereocenters. The number of aryl methyl sites for hydroxylation is 2. The highest BCUT2D eigenvalue weighted by Gasteiger charge is 2.41. The van der Waals surface area contributed by atoms with Crippen LogP contribution in [0, 0.1) is 13.8 Å². The average molecular weight is 981 g/mol. The van der Waals surface area contributed by atoms with Crippen molar-refractivity contribution in [2.75, 3.05) is 14.2 Å². The summed E-state index contributed by atoms with van der Waals surface area (Å²) >= 11 is 0. The summed E-state index contributed by atoms with van der Waals surface area (Å²) in [4.78, 5) is -2.32. The standard InChI is InChI=1S/C38H30F6N2O14S4/c1-23-5-13-27(14-6-23)61(47,48)57-31-19-17-29(21-33(31)55-3)63(51,52)59-45-35(37(39,40)41)25-9-11-26(12-10-25)36(38(42,43)44)46-60-64(53,54)30-18-20-32(34(22-30)56-4)58-62(49,50)28-15-7-24(2)8-16-28/h5-22H,1-4H3/b45-35-,46-36+. The van der Waals surface area contributed by atoms with Crippen LogP contribution in [0.15, 0.2) is 139 Å². The number of benzene rings is 5. The number of rotatable bonds is 16. The number of methoxy groups -OCH3 is 2. The molecule has 0 aliphatic rings. The zero-order valence-electron chi connectivity index (χ0n) is 32.9. The lowest BCUT2D eigenvalue weighted by molar-refractivity contribution is -0.0608. The van der Waals surface area contributed by atoms with E-state index < -0.39 is 108 Å². The Hall–Kier alpha value is -6.38. The van der Waals surface area contributed by atoms with Crippen molar-refractivity contribution in [1.29, 1.82) is 0 Å². The van der Waals surface area contributed by atoms with Crippen LogP contribution in [0.5, 0.6) is 23.0 Å². The Bertz CT molecular complexity index is 2840. The van der Waals surface area contributed by atoms with Crippen LogP contribution in [0.2, 0.25) is 0 Å². The largest absolute Gasteiger partial charge is 0.493 e. The van der Waals surface area contributed by atoms with Gasteiger partial charge < -0.3 is 17.8 Å². The maximum absolute atomic E-state index is 14.2. The molecule has 5 aromatic rings. The summed E-state index contributed by atoms with van der Waals surface area (Å²) in [5.74, 6) is -2.05. The van der Waals surface area contributed by atoms with Crippen molar-refractivity contribution in [2.24, 2.45) is 10.3 Å². The van der Waals surface area contributed by atoms with Crippen LogP contribution in [0.4, 0.5) is 26.3 Å². The van der Waals surface area contributed by atoms with Gasteiger partial charge in [0.25, 0.3) is 0 Å². The Morgan fingerprint density at radius 2 is 0.719 bits per heavy atom. The van der Waals surface area contributed by atoms with Crippen LogP contribution < -0.4 is 17.8 Å². The van der Waals surface area contributed by atoms with Crippen molar-refractivity contribution >= 4 is 51.9 Å². The van der Waals surface area contributed by atoms with Crippen LogP contribution in [-0.4, -0.2) is 71.7 Å². The predicted molar refractivity (Wildman–Crippen MR) is 212 cm³/mol. The van der Waals surface area contributed by atoms with E-state index in [4.69, 9.17) is 17.8 Å². The van der Waals surface area contributed by atoms with Gasteiger partial charge in [-0.1, -0.05) is 70.0 Å². The normalized spacial score (nSPS) is 13.2. The first kappa shape index (κ1) is 48.6. The molecule has 0 spiro atoms. The van der Waals surface area contributed by atoms with Crippen molar-refractivity contribution in [1.82, 2.24) is 0 Å². The van der Waals surface area contributed by atoms with Crippen molar-refractivity contribution in [3.05, 3.63) is 131 Å². The van der Waals surface area contributed by atoms with Gasteiger partial charge in [0, 0.05) is 23.3 Å². The third kappa shape index (κ3) is 11.6. The molecule has 26 heteroatoms. The first-order valence-corrected chi connectivity index (χ1v) is 23.0. The number of hydrogen-bond acceptors (Lipinski definition) is 16. The molecular weight excluding hydrogens is 951 g/mol. The van der Waals surface area contributed by atoms with E-state index in [0.29, 0.717) is 48.5 Å². The first-order chi connectivity index (χ1) is 29.7. The molecule has 0 N–H and O–H groups in total. The molecule has 0 aliphatic carbocycles.